The van der Waals surface area contributed by atoms with Crippen LogP contribution in [0, 0.1) is 0 Å². The number of carboxylic acid groups (broad SMARTS) is 3. The van der Waals surface area contributed by atoms with Crippen molar-refractivity contribution in [2.75, 3.05) is 58.7 Å². The quantitative estimate of drug-likeness (QED) is 0.0995. The van der Waals surface area contributed by atoms with Crippen LogP contribution in [0.2, 0.25) is 0 Å². The lowest BCUT2D eigenvalue weighted by molar-refractivity contribution is -0.143. The molecule has 0 aromatic carbocycles. The van der Waals surface area contributed by atoms with Gasteiger partial charge in [0.25, 0.3) is 9.76 Å². The first kappa shape index (κ1) is 57.9. The number of rotatable bonds is 13. The van der Waals surface area contributed by atoms with E-state index in [1.807, 2.05) is 20.8 Å². The molecule has 0 spiro atoms. The van der Waals surface area contributed by atoms with Crippen molar-refractivity contribution < 1.29 is 68.5 Å². The Balaban J connectivity index is -0.0000000734. The summed E-state index contributed by atoms with van der Waals surface area (Å²) in [7, 11) is 0. The Morgan fingerprint density at radius 3 is 1.25 bits per heavy atom. The van der Waals surface area contributed by atoms with E-state index in [1.165, 1.54) is 6.92 Å². The van der Waals surface area contributed by atoms with Crippen LogP contribution >= 0.6 is 46.4 Å². The van der Waals surface area contributed by atoms with Gasteiger partial charge in [0, 0.05) is 33.5 Å². The molecule has 0 heterocycles. The van der Waals surface area contributed by atoms with Crippen LogP contribution < -0.4 is 0 Å². The van der Waals surface area contributed by atoms with Crippen LogP contribution in [0.1, 0.15) is 74.1 Å². The average Bonchev–Trinajstić information content (AvgIpc) is 2.91. The minimum Gasteiger partial charge on any atom is -0.481 e. The van der Waals surface area contributed by atoms with Crippen LogP contribution in [0.15, 0.2) is 0 Å². The van der Waals surface area contributed by atoms with Crippen LogP contribution in [0.4, 0.5) is 0 Å². The number of carbonyl (C=O) groups is 5. The van der Waals surface area contributed by atoms with Gasteiger partial charge in [-0.2, -0.15) is 0 Å². The number of ether oxygens (including phenoxy) is 4. The molecule has 0 amide bonds. The van der Waals surface area contributed by atoms with Gasteiger partial charge in [-0.25, -0.2) is 4.79 Å². The van der Waals surface area contributed by atoms with Gasteiger partial charge in [0.2, 0.25) is 0 Å². The van der Waals surface area contributed by atoms with Gasteiger partial charge in [0.15, 0.2) is 0 Å². The number of unbranched alkanes of at least 4 members (excludes halogenated alkanes) is 1. The monoisotopic (exact) mass is 728 g/mol. The molecule has 14 nitrogen and oxygen atoms in total. The lowest BCUT2D eigenvalue weighted by Crippen LogP contribution is -2.16. The molecule has 18 heteroatoms. The fourth-order valence-electron chi connectivity index (χ4n) is 1.26. The molecule has 0 aliphatic rings. The molecular formula is C26H52Cl4O14. The molecule has 44 heavy (non-hydrogen) atoms. The van der Waals surface area contributed by atoms with Gasteiger partial charge in [-0.05, 0) is 33.6 Å². The molecule has 0 aliphatic carbocycles. The van der Waals surface area contributed by atoms with Crippen molar-refractivity contribution in [1.29, 1.82) is 0 Å². The molecule has 0 rings (SSSR count). The molecule has 0 aromatic rings. The Bertz CT molecular complexity index is 612. The van der Waals surface area contributed by atoms with Crippen LogP contribution in [0.25, 0.3) is 0 Å². The van der Waals surface area contributed by atoms with E-state index in [0.717, 1.165) is 32.8 Å². The Labute approximate surface area is 280 Å². The predicted molar refractivity (Wildman–Crippen MR) is 170 cm³/mol. The summed E-state index contributed by atoms with van der Waals surface area (Å²) >= 11 is 19.1. The van der Waals surface area contributed by atoms with Crippen molar-refractivity contribution in [2.45, 2.75) is 77.9 Å². The normalized spacial score (nSPS) is 8.84. The molecular weight excluding hydrogens is 678 g/mol. The fourth-order valence-corrected chi connectivity index (χ4v) is 1.26. The van der Waals surface area contributed by atoms with Gasteiger partial charge >= 0.3 is 23.9 Å². The van der Waals surface area contributed by atoms with E-state index in [1.54, 1.807) is 6.92 Å². The number of halogens is 4. The van der Waals surface area contributed by atoms with E-state index in [-0.39, 0.29) is 31.0 Å². The molecule has 0 saturated heterocycles. The number of hydrogen-bond acceptors (Lipinski definition) is 11. The summed E-state index contributed by atoms with van der Waals surface area (Å²) in [6.45, 7) is 15.7. The Morgan fingerprint density at radius 1 is 0.682 bits per heavy atom. The molecule has 0 bridgehead atoms. The predicted octanol–water partition coefficient (Wildman–Crippen LogP) is 4.57. The van der Waals surface area contributed by atoms with Gasteiger partial charge in [-0.15, -0.1) is 11.6 Å². The van der Waals surface area contributed by atoms with Crippen LogP contribution in [-0.4, -0.2) is 118 Å². The third-order valence-corrected chi connectivity index (χ3v) is 3.50. The van der Waals surface area contributed by atoms with Gasteiger partial charge in [0.1, 0.15) is 5.88 Å². The number of alkyl halides is 4. The maximum Gasteiger partial charge on any atom is 0.356 e. The summed E-state index contributed by atoms with van der Waals surface area (Å²) in [5.74, 6) is -3.88. The highest BCUT2D eigenvalue weighted by Crippen LogP contribution is 2.25. The van der Waals surface area contributed by atoms with Crippen LogP contribution in [-0.2, 0) is 42.9 Å². The molecule has 0 saturated carbocycles. The van der Waals surface area contributed by atoms with E-state index in [2.05, 4.69) is 16.4 Å². The zero-order chi connectivity index (χ0) is 36.4. The molecule has 5 N–H and O–H groups in total. The second-order valence-corrected chi connectivity index (χ2v) is 9.49. The number of aliphatic hydroxyl groups excluding tert-OH is 2. The van der Waals surface area contributed by atoms with Crippen LogP contribution in [0.5, 0.6) is 0 Å². The fraction of sp³-hybridized carbons (Fsp3) is 0.808. The Hall–Kier alpha value is -1.65. The first-order chi connectivity index (χ1) is 20.4. The number of carboxylic acids is 3. The minimum absolute atomic E-state index is 0.0880. The summed E-state index contributed by atoms with van der Waals surface area (Å²) in [4.78, 5) is 48.1. The van der Waals surface area contributed by atoms with Gasteiger partial charge < -0.3 is 44.5 Å². The van der Waals surface area contributed by atoms with Crippen molar-refractivity contribution in [3.63, 3.8) is 0 Å². The topological polar surface area (TPSA) is 223 Å². The molecule has 0 fully saturated rings. The summed E-state index contributed by atoms with van der Waals surface area (Å²) in [5.41, 5.74) is 0. The standard InChI is InChI=1S/C6H12O2.C6H14O2.C4H8O2.C4H10O2.C2HCl3O2.C2H3ClO2.C2H4O2/c1-3-5-6(7)8-4-2;1-2-3-5-8-6-4-7;1-3-6-4(2)5;1-2-6-4-3-5;3-2(4,5)1(6)7;3-1-2(4)5;1-2(3)4/h3-5H2,1-2H3;7H,2-6H2,1H3;3H2,1-2H3;5H,2-4H2,1H3;(H,6,7);1H2,(H,4,5);1H3,(H,3,4). The first-order valence-electron chi connectivity index (χ1n) is 13.3. The largest absolute Gasteiger partial charge is 0.481 e. The van der Waals surface area contributed by atoms with Crippen molar-refractivity contribution in [3.05, 3.63) is 0 Å². The third kappa shape index (κ3) is 115. The number of aliphatic hydroxyl groups is 2. The molecule has 268 valence electrons. The smallest absolute Gasteiger partial charge is 0.356 e. The number of aliphatic carboxylic acids is 3. The molecule has 0 unspecified atom stereocenters. The summed E-state index contributed by atoms with van der Waals surface area (Å²) in [6.07, 6.45) is 3.68. The second-order valence-electron chi connectivity index (χ2n) is 6.94. The van der Waals surface area contributed by atoms with Crippen LogP contribution in [0.3, 0.4) is 0 Å². The summed E-state index contributed by atoms with van der Waals surface area (Å²) in [5, 5.41) is 39.2. The van der Waals surface area contributed by atoms with Gasteiger partial charge in [-0.1, -0.05) is 55.1 Å². The van der Waals surface area contributed by atoms with Crippen molar-refractivity contribution in [1.82, 2.24) is 0 Å². The van der Waals surface area contributed by atoms with Crippen molar-refractivity contribution in [3.8, 4) is 0 Å². The van der Waals surface area contributed by atoms with E-state index in [9.17, 15) is 19.2 Å². The van der Waals surface area contributed by atoms with E-state index in [0.29, 0.717) is 39.5 Å². The molecule has 0 radical (unpaired) electrons. The van der Waals surface area contributed by atoms with Gasteiger partial charge in [0.05, 0.1) is 39.6 Å². The highest BCUT2D eigenvalue weighted by Gasteiger charge is 2.29. The maximum atomic E-state index is 10.4. The van der Waals surface area contributed by atoms with E-state index >= 15 is 0 Å². The summed E-state index contributed by atoms with van der Waals surface area (Å²) < 4.78 is 16.6. The highest BCUT2D eigenvalue weighted by atomic mass is 35.6. The SMILES string of the molecule is CC(=O)O.CCCC(=O)OCC.CCCCOCCO.CCOC(C)=O.CCOCCO.O=C(O)C(Cl)(Cl)Cl.O=C(O)CCl. The highest BCUT2D eigenvalue weighted by molar-refractivity contribution is 6.75. The number of esters is 2. The van der Waals surface area contributed by atoms with Crippen molar-refractivity contribution in [2.24, 2.45) is 0 Å². The maximum absolute atomic E-state index is 10.4. The molecule has 0 aromatic heterocycles. The Morgan fingerprint density at radius 2 is 1.07 bits per heavy atom. The molecule has 0 atom stereocenters. The molecule has 0 aliphatic heterocycles. The lowest BCUT2D eigenvalue weighted by Gasteiger charge is -1.99. The zero-order valence-corrected chi connectivity index (χ0v) is 29.6. The van der Waals surface area contributed by atoms with Gasteiger partial charge in [-0.3, -0.25) is 19.2 Å². The third-order valence-electron chi connectivity index (χ3n) is 2.78. The second kappa shape index (κ2) is 51.0. The first-order valence-corrected chi connectivity index (χ1v) is 15.0. The Kier molecular flexibility index (Phi) is 67.1. The number of carbonyl (C=O) groups excluding carboxylic acids is 2. The number of hydrogen-bond donors (Lipinski definition) is 5. The van der Waals surface area contributed by atoms with E-state index < -0.39 is 21.7 Å². The lowest BCUT2D eigenvalue weighted by atomic mass is 10.3. The average molecular weight is 731 g/mol. The van der Waals surface area contributed by atoms with E-state index in [4.69, 9.17) is 86.2 Å². The zero-order valence-electron chi connectivity index (χ0n) is 26.6. The minimum atomic E-state index is -2.17. The summed E-state index contributed by atoms with van der Waals surface area (Å²) in [6, 6.07) is 0. The van der Waals surface area contributed by atoms with Crippen molar-refractivity contribution >= 4 is 76.3 Å².